The zero-order valence-electron chi connectivity index (χ0n) is 5.12. The summed E-state index contributed by atoms with van der Waals surface area (Å²) in [7, 11) is 0. The molecule has 58 valence electrons. The van der Waals surface area contributed by atoms with Crippen LogP contribution in [0, 0.1) is 13.7 Å². The van der Waals surface area contributed by atoms with E-state index in [2.05, 4.69) is 20.9 Å². The van der Waals surface area contributed by atoms with E-state index in [0.29, 0.717) is 3.57 Å². The minimum absolute atomic E-state index is 0.0214. The van der Waals surface area contributed by atoms with E-state index in [1.165, 1.54) is 6.20 Å². The first-order chi connectivity index (χ1) is 5.13. The number of hydrogen-bond donors (Lipinski definition) is 0. The van der Waals surface area contributed by atoms with Crippen molar-refractivity contribution in [3.05, 3.63) is 30.6 Å². The molecule has 1 rings (SSSR count). The van der Waals surface area contributed by atoms with Crippen molar-refractivity contribution in [2.75, 3.05) is 0 Å². The van der Waals surface area contributed by atoms with Gasteiger partial charge in [0.1, 0.15) is 0 Å². The Labute approximate surface area is 84.4 Å². The predicted molar refractivity (Wildman–Crippen MR) is 51.3 cm³/mol. The number of rotatable bonds is 1. The number of aromatic nitrogens is 1. The van der Waals surface area contributed by atoms with Gasteiger partial charge in [-0.1, -0.05) is 0 Å². The Morgan fingerprint density at radius 3 is 2.73 bits per heavy atom. The monoisotopic (exact) mass is 328 g/mol. The SMILES string of the molecule is O=[N+]([O-])c1c(I)ccnc1Br. The molecule has 0 spiro atoms. The Hall–Kier alpha value is -0.240. The fourth-order valence-electron chi connectivity index (χ4n) is 0.569. The number of pyridine rings is 1. The molecule has 0 atom stereocenters. The highest BCUT2D eigenvalue weighted by molar-refractivity contribution is 14.1. The minimum Gasteiger partial charge on any atom is -0.258 e. The molecule has 0 saturated carbocycles. The van der Waals surface area contributed by atoms with Crippen molar-refractivity contribution < 1.29 is 4.92 Å². The second kappa shape index (κ2) is 3.44. The van der Waals surface area contributed by atoms with Crippen molar-refractivity contribution in [2.45, 2.75) is 0 Å². The summed E-state index contributed by atoms with van der Waals surface area (Å²) < 4.78 is 0.851. The van der Waals surface area contributed by atoms with E-state index in [9.17, 15) is 10.1 Å². The van der Waals surface area contributed by atoms with Crippen LogP contribution in [0.1, 0.15) is 0 Å². The number of nitro groups is 1. The van der Waals surface area contributed by atoms with Gasteiger partial charge >= 0.3 is 5.69 Å². The maximum Gasteiger partial charge on any atom is 0.315 e. The van der Waals surface area contributed by atoms with Crippen molar-refractivity contribution in [1.82, 2.24) is 4.98 Å². The number of nitrogens with zero attached hydrogens (tertiary/aromatic N) is 2. The zero-order valence-corrected chi connectivity index (χ0v) is 8.87. The van der Waals surface area contributed by atoms with Crippen LogP contribution in [0.4, 0.5) is 5.69 Å². The first kappa shape index (κ1) is 8.85. The van der Waals surface area contributed by atoms with Gasteiger partial charge in [-0.15, -0.1) is 0 Å². The molecular formula is C5H2BrIN2O2. The molecule has 0 aliphatic carbocycles. The third-order valence-electron chi connectivity index (χ3n) is 1.01. The summed E-state index contributed by atoms with van der Waals surface area (Å²) in [5.41, 5.74) is 0.0214. The molecule has 1 aromatic heterocycles. The normalized spacial score (nSPS) is 9.64. The van der Waals surface area contributed by atoms with E-state index < -0.39 is 4.92 Å². The molecule has 1 heterocycles. The van der Waals surface area contributed by atoms with Gasteiger partial charge in [0.25, 0.3) is 0 Å². The van der Waals surface area contributed by atoms with Gasteiger partial charge < -0.3 is 0 Å². The summed E-state index contributed by atoms with van der Waals surface area (Å²) in [6.45, 7) is 0. The van der Waals surface area contributed by atoms with Gasteiger partial charge in [-0.25, -0.2) is 4.98 Å². The van der Waals surface area contributed by atoms with Gasteiger partial charge in [0.05, 0.1) is 8.49 Å². The maximum absolute atomic E-state index is 10.4. The zero-order chi connectivity index (χ0) is 8.43. The largest absolute Gasteiger partial charge is 0.315 e. The molecule has 0 amide bonds. The fraction of sp³-hybridized carbons (Fsp3) is 0. The third-order valence-corrected chi connectivity index (χ3v) is 2.46. The van der Waals surface area contributed by atoms with Gasteiger partial charge in [-0.3, -0.25) is 10.1 Å². The van der Waals surface area contributed by atoms with Gasteiger partial charge in [0, 0.05) is 6.20 Å². The molecule has 6 heteroatoms. The van der Waals surface area contributed by atoms with Crippen LogP contribution in [-0.2, 0) is 0 Å². The Kier molecular flexibility index (Phi) is 2.77. The summed E-state index contributed by atoms with van der Waals surface area (Å²) >= 11 is 4.88. The molecule has 0 unspecified atom stereocenters. The molecule has 1 aromatic rings. The molecule has 0 aromatic carbocycles. The lowest BCUT2D eigenvalue weighted by Crippen LogP contribution is -1.93. The first-order valence-electron chi connectivity index (χ1n) is 2.57. The van der Waals surface area contributed by atoms with Crippen LogP contribution in [0.3, 0.4) is 0 Å². The first-order valence-corrected chi connectivity index (χ1v) is 4.44. The molecule has 4 nitrogen and oxygen atoms in total. The van der Waals surface area contributed by atoms with Crippen molar-refractivity contribution in [3.63, 3.8) is 0 Å². The highest BCUT2D eigenvalue weighted by Gasteiger charge is 2.16. The van der Waals surface area contributed by atoms with Gasteiger partial charge in [-0.2, -0.15) is 0 Å². The van der Waals surface area contributed by atoms with Crippen LogP contribution < -0.4 is 0 Å². The summed E-state index contributed by atoms with van der Waals surface area (Å²) in [6.07, 6.45) is 1.51. The molecule has 0 bridgehead atoms. The second-order valence-electron chi connectivity index (χ2n) is 1.69. The van der Waals surface area contributed by atoms with Crippen LogP contribution in [-0.4, -0.2) is 9.91 Å². The van der Waals surface area contributed by atoms with E-state index >= 15 is 0 Å². The third kappa shape index (κ3) is 1.86. The Morgan fingerprint density at radius 2 is 2.36 bits per heavy atom. The standard InChI is InChI=1S/C5H2BrIN2O2/c6-5-4(9(10)11)3(7)1-2-8-5/h1-2H. The quantitative estimate of drug-likeness (QED) is 0.344. The van der Waals surface area contributed by atoms with Crippen LogP contribution in [0.25, 0.3) is 0 Å². The molecule has 0 radical (unpaired) electrons. The highest BCUT2D eigenvalue weighted by atomic mass is 127. The van der Waals surface area contributed by atoms with Crippen LogP contribution >= 0.6 is 38.5 Å². The van der Waals surface area contributed by atoms with E-state index in [1.54, 1.807) is 6.07 Å². The molecule has 0 aliphatic rings. The van der Waals surface area contributed by atoms with E-state index in [1.807, 2.05) is 22.6 Å². The highest BCUT2D eigenvalue weighted by Crippen LogP contribution is 2.26. The lowest BCUT2D eigenvalue weighted by atomic mass is 10.4. The second-order valence-corrected chi connectivity index (χ2v) is 3.60. The summed E-state index contributed by atoms with van der Waals surface area (Å²) in [6, 6.07) is 1.59. The summed E-state index contributed by atoms with van der Waals surface area (Å²) in [5, 5.41) is 10.4. The van der Waals surface area contributed by atoms with Crippen molar-refractivity contribution in [1.29, 1.82) is 0 Å². The van der Waals surface area contributed by atoms with Crippen molar-refractivity contribution in [3.8, 4) is 0 Å². The lowest BCUT2D eigenvalue weighted by Gasteiger charge is -1.94. The maximum atomic E-state index is 10.4. The average Bonchev–Trinajstić information content (AvgIpc) is 1.85. The Balaban J connectivity index is 3.32. The van der Waals surface area contributed by atoms with E-state index in [-0.39, 0.29) is 10.3 Å². The van der Waals surface area contributed by atoms with Crippen molar-refractivity contribution >= 4 is 44.2 Å². The van der Waals surface area contributed by atoms with Gasteiger partial charge in [0.15, 0.2) is 4.60 Å². The predicted octanol–water partition coefficient (Wildman–Crippen LogP) is 2.36. The molecule has 11 heavy (non-hydrogen) atoms. The van der Waals surface area contributed by atoms with Crippen molar-refractivity contribution in [2.24, 2.45) is 0 Å². The Bertz CT molecular complexity index is 284. The van der Waals surface area contributed by atoms with Crippen LogP contribution in [0.15, 0.2) is 16.9 Å². The lowest BCUT2D eigenvalue weighted by molar-refractivity contribution is -0.387. The summed E-state index contributed by atoms with van der Waals surface area (Å²) in [4.78, 5) is 13.6. The summed E-state index contributed by atoms with van der Waals surface area (Å²) in [5.74, 6) is 0. The smallest absolute Gasteiger partial charge is 0.258 e. The fourth-order valence-corrected chi connectivity index (χ4v) is 2.03. The number of halogens is 2. The topological polar surface area (TPSA) is 56.0 Å². The molecule has 0 aliphatic heterocycles. The Morgan fingerprint density at radius 1 is 1.73 bits per heavy atom. The molecule has 0 saturated heterocycles. The van der Waals surface area contributed by atoms with Crippen LogP contribution in [0.2, 0.25) is 0 Å². The average molecular weight is 329 g/mol. The molecule has 0 fully saturated rings. The minimum atomic E-state index is -0.459. The van der Waals surface area contributed by atoms with Crippen LogP contribution in [0.5, 0.6) is 0 Å². The van der Waals surface area contributed by atoms with Gasteiger partial charge in [0.2, 0.25) is 0 Å². The van der Waals surface area contributed by atoms with E-state index in [0.717, 1.165) is 0 Å². The van der Waals surface area contributed by atoms with E-state index in [4.69, 9.17) is 0 Å². The van der Waals surface area contributed by atoms with Gasteiger partial charge in [-0.05, 0) is 44.6 Å². The number of hydrogen-bond acceptors (Lipinski definition) is 3. The molecular weight excluding hydrogens is 327 g/mol. The molecule has 0 N–H and O–H groups in total.